The van der Waals surface area contributed by atoms with E-state index in [9.17, 15) is 4.79 Å². The second-order valence-electron chi connectivity index (χ2n) is 3.31. The first-order valence-corrected chi connectivity index (χ1v) is 5.38. The van der Waals surface area contributed by atoms with Crippen molar-refractivity contribution in [1.29, 1.82) is 0 Å². The van der Waals surface area contributed by atoms with Gasteiger partial charge in [0.05, 0.1) is 30.2 Å². The molecule has 0 bridgehead atoms. The van der Waals surface area contributed by atoms with Gasteiger partial charge in [-0.25, -0.2) is 14.6 Å². The van der Waals surface area contributed by atoms with Crippen LogP contribution in [0.1, 0.15) is 16.1 Å². The van der Waals surface area contributed by atoms with Gasteiger partial charge in [0.15, 0.2) is 5.82 Å². The predicted octanol–water partition coefficient (Wildman–Crippen LogP) is 0.668. The van der Waals surface area contributed by atoms with Crippen molar-refractivity contribution in [3.05, 3.63) is 34.5 Å². The summed E-state index contributed by atoms with van der Waals surface area (Å²) in [6, 6.07) is 0. The Bertz CT molecular complexity index is 562. The molecule has 1 amide bonds. The summed E-state index contributed by atoms with van der Waals surface area (Å²) in [5.41, 5.74) is 1.35. The lowest BCUT2D eigenvalue weighted by Crippen LogP contribution is -2.14. The first kappa shape index (κ1) is 9.46. The molecule has 0 fully saturated rings. The standard InChI is InChI=1S/C9H6BrN5O/c10-7-2-12-8(3-11-7)15-4-5-6(14-15)1-13-9(5)16/h2-4H,1H2,(H,13,16). The van der Waals surface area contributed by atoms with Crippen LogP contribution in [0.4, 0.5) is 0 Å². The zero-order chi connectivity index (χ0) is 11.1. The zero-order valence-electron chi connectivity index (χ0n) is 8.01. The number of hydrogen-bond acceptors (Lipinski definition) is 4. The summed E-state index contributed by atoms with van der Waals surface area (Å²) in [7, 11) is 0. The van der Waals surface area contributed by atoms with Crippen LogP contribution in [0.5, 0.6) is 0 Å². The fourth-order valence-electron chi connectivity index (χ4n) is 1.53. The van der Waals surface area contributed by atoms with Gasteiger partial charge in [0, 0.05) is 6.20 Å². The molecule has 16 heavy (non-hydrogen) atoms. The van der Waals surface area contributed by atoms with Crippen molar-refractivity contribution in [1.82, 2.24) is 25.1 Å². The molecule has 3 heterocycles. The van der Waals surface area contributed by atoms with E-state index in [0.717, 1.165) is 5.69 Å². The van der Waals surface area contributed by atoms with Crippen molar-refractivity contribution in [3.8, 4) is 5.82 Å². The fourth-order valence-corrected chi connectivity index (χ4v) is 1.73. The van der Waals surface area contributed by atoms with Gasteiger partial charge in [0.25, 0.3) is 5.91 Å². The molecule has 0 spiro atoms. The summed E-state index contributed by atoms with van der Waals surface area (Å²) < 4.78 is 2.22. The van der Waals surface area contributed by atoms with Crippen LogP contribution in [0.25, 0.3) is 5.82 Å². The number of hydrogen-bond donors (Lipinski definition) is 1. The van der Waals surface area contributed by atoms with Gasteiger partial charge in [-0.3, -0.25) is 4.79 Å². The molecule has 0 aliphatic carbocycles. The number of halogens is 1. The third-order valence-electron chi connectivity index (χ3n) is 2.29. The van der Waals surface area contributed by atoms with Crippen LogP contribution >= 0.6 is 15.9 Å². The fraction of sp³-hybridized carbons (Fsp3) is 0.111. The largest absolute Gasteiger partial charge is 0.346 e. The molecule has 1 N–H and O–H groups in total. The summed E-state index contributed by atoms with van der Waals surface area (Å²) in [5, 5.41) is 6.95. The van der Waals surface area contributed by atoms with Crippen LogP contribution in [0.3, 0.4) is 0 Å². The smallest absolute Gasteiger partial charge is 0.255 e. The number of aromatic nitrogens is 4. The summed E-state index contributed by atoms with van der Waals surface area (Å²) in [6.07, 6.45) is 4.84. The Morgan fingerprint density at radius 1 is 1.38 bits per heavy atom. The van der Waals surface area contributed by atoms with Crippen molar-refractivity contribution >= 4 is 21.8 Å². The minimum atomic E-state index is -0.0914. The summed E-state index contributed by atoms with van der Waals surface area (Å²) in [4.78, 5) is 19.6. The molecular weight excluding hydrogens is 274 g/mol. The molecule has 0 radical (unpaired) electrons. The van der Waals surface area contributed by atoms with E-state index in [0.29, 0.717) is 22.5 Å². The van der Waals surface area contributed by atoms with Crippen molar-refractivity contribution in [2.24, 2.45) is 0 Å². The second kappa shape index (κ2) is 3.38. The molecule has 2 aromatic rings. The van der Waals surface area contributed by atoms with Crippen molar-refractivity contribution < 1.29 is 4.79 Å². The first-order chi connectivity index (χ1) is 7.74. The molecule has 0 unspecified atom stereocenters. The SMILES string of the molecule is O=C1NCc2nn(-c3cnc(Br)cn3)cc21. The van der Waals surface area contributed by atoms with E-state index in [4.69, 9.17) is 0 Å². The van der Waals surface area contributed by atoms with E-state index in [1.54, 1.807) is 23.3 Å². The monoisotopic (exact) mass is 279 g/mol. The number of rotatable bonds is 1. The van der Waals surface area contributed by atoms with Crippen LogP contribution in [-0.4, -0.2) is 25.7 Å². The van der Waals surface area contributed by atoms with Crippen LogP contribution < -0.4 is 5.32 Å². The predicted molar refractivity (Wildman–Crippen MR) is 58.0 cm³/mol. The normalized spacial score (nSPS) is 13.7. The van der Waals surface area contributed by atoms with Crippen LogP contribution in [0.2, 0.25) is 0 Å². The van der Waals surface area contributed by atoms with Crippen LogP contribution in [-0.2, 0) is 6.54 Å². The number of carbonyl (C=O) groups excluding carboxylic acids is 1. The minimum absolute atomic E-state index is 0.0914. The van der Waals surface area contributed by atoms with Gasteiger partial charge in [-0.1, -0.05) is 0 Å². The highest BCUT2D eigenvalue weighted by atomic mass is 79.9. The van der Waals surface area contributed by atoms with E-state index in [2.05, 4.69) is 36.3 Å². The van der Waals surface area contributed by atoms with Crippen molar-refractivity contribution in [2.45, 2.75) is 6.54 Å². The van der Waals surface area contributed by atoms with E-state index in [1.165, 1.54) is 0 Å². The molecule has 7 heteroatoms. The maximum absolute atomic E-state index is 11.4. The average Bonchev–Trinajstić information content (AvgIpc) is 2.83. The van der Waals surface area contributed by atoms with Gasteiger partial charge in [0.2, 0.25) is 0 Å². The van der Waals surface area contributed by atoms with Crippen molar-refractivity contribution in [2.75, 3.05) is 0 Å². The lowest BCUT2D eigenvalue weighted by molar-refractivity contribution is 0.0965. The molecule has 2 aromatic heterocycles. The lowest BCUT2D eigenvalue weighted by Gasteiger charge is -1.99. The van der Waals surface area contributed by atoms with Gasteiger partial charge in [0.1, 0.15) is 4.60 Å². The maximum Gasteiger partial charge on any atom is 0.255 e. The van der Waals surface area contributed by atoms with E-state index in [-0.39, 0.29) is 5.91 Å². The highest BCUT2D eigenvalue weighted by Crippen LogP contribution is 2.15. The number of fused-ring (bicyclic) bond motifs is 1. The highest BCUT2D eigenvalue weighted by Gasteiger charge is 2.23. The molecule has 80 valence electrons. The molecule has 0 saturated carbocycles. The Morgan fingerprint density at radius 2 is 2.25 bits per heavy atom. The van der Waals surface area contributed by atoms with E-state index in [1.807, 2.05) is 0 Å². The molecule has 0 atom stereocenters. The van der Waals surface area contributed by atoms with Gasteiger partial charge in [-0.05, 0) is 15.9 Å². The summed E-state index contributed by atoms with van der Waals surface area (Å²) in [5.74, 6) is 0.497. The van der Waals surface area contributed by atoms with Crippen LogP contribution in [0, 0.1) is 0 Å². The van der Waals surface area contributed by atoms with E-state index >= 15 is 0 Å². The molecule has 1 aliphatic rings. The number of nitrogens with one attached hydrogen (secondary N) is 1. The highest BCUT2D eigenvalue weighted by molar-refractivity contribution is 9.10. The molecule has 3 rings (SSSR count). The molecule has 1 aliphatic heterocycles. The van der Waals surface area contributed by atoms with Gasteiger partial charge >= 0.3 is 0 Å². The van der Waals surface area contributed by atoms with Gasteiger partial charge in [-0.15, -0.1) is 0 Å². The molecule has 0 aromatic carbocycles. The minimum Gasteiger partial charge on any atom is -0.346 e. The molecular formula is C9H6BrN5O. The second-order valence-corrected chi connectivity index (χ2v) is 4.13. The van der Waals surface area contributed by atoms with E-state index < -0.39 is 0 Å². The summed E-state index contributed by atoms with van der Waals surface area (Å²) in [6.45, 7) is 0.477. The first-order valence-electron chi connectivity index (χ1n) is 4.59. The quantitative estimate of drug-likeness (QED) is 0.833. The maximum atomic E-state index is 11.4. The number of amides is 1. The van der Waals surface area contributed by atoms with Crippen LogP contribution in [0.15, 0.2) is 23.2 Å². The Morgan fingerprint density at radius 3 is 2.94 bits per heavy atom. The molecule has 6 nitrogen and oxygen atoms in total. The zero-order valence-corrected chi connectivity index (χ0v) is 9.60. The Labute approximate surface area is 98.8 Å². The lowest BCUT2D eigenvalue weighted by atomic mass is 10.3. The Kier molecular flexibility index (Phi) is 2.00. The summed E-state index contributed by atoms with van der Waals surface area (Å²) >= 11 is 3.20. The third kappa shape index (κ3) is 1.40. The van der Waals surface area contributed by atoms with Gasteiger partial charge in [-0.2, -0.15) is 5.10 Å². The topological polar surface area (TPSA) is 72.7 Å². The Balaban J connectivity index is 2.05. The van der Waals surface area contributed by atoms with Crippen molar-refractivity contribution in [3.63, 3.8) is 0 Å². The number of nitrogens with zero attached hydrogens (tertiary/aromatic N) is 4. The van der Waals surface area contributed by atoms with Gasteiger partial charge < -0.3 is 5.32 Å². The third-order valence-corrected chi connectivity index (χ3v) is 2.70. The number of carbonyl (C=O) groups is 1. The molecule has 0 saturated heterocycles. The Hall–Kier alpha value is -1.76. The average molecular weight is 280 g/mol.